The molecule has 86 valence electrons. The first-order valence-corrected chi connectivity index (χ1v) is 5.76. The van der Waals surface area contributed by atoms with Gasteiger partial charge in [0.25, 0.3) is 0 Å². The van der Waals surface area contributed by atoms with Gasteiger partial charge in [0, 0.05) is 6.61 Å². The Labute approximate surface area is 96.6 Å². The van der Waals surface area contributed by atoms with Crippen molar-refractivity contribution in [1.29, 1.82) is 0 Å². The Morgan fingerprint density at radius 2 is 2.12 bits per heavy atom. The van der Waals surface area contributed by atoms with Gasteiger partial charge in [0.05, 0.1) is 5.60 Å². The molecule has 0 radical (unpaired) electrons. The Bertz CT molecular complexity index is 354. The van der Waals surface area contributed by atoms with Crippen LogP contribution in [0.2, 0.25) is 0 Å². The van der Waals surface area contributed by atoms with Gasteiger partial charge in [-0.3, -0.25) is 0 Å². The van der Waals surface area contributed by atoms with Crippen LogP contribution >= 0.6 is 0 Å². The quantitative estimate of drug-likeness (QED) is 0.827. The Kier molecular flexibility index (Phi) is 3.42. The molecule has 2 nitrogen and oxygen atoms in total. The lowest BCUT2D eigenvalue weighted by Gasteiger charge is -2.35. The van der Waals surface area contributed by atoms with Crippen LogP contribution in [-0.2, 0) is 4.74 Å². The summed E-state index contributed by atoms with van der Waals surface area (Å²) in [6.07, 6.45) is 5.50. The first-order valence-electron chi connectivity index (χ1n) is 5.76. The topological polar surface area (TPSA) is 29.5 Å². The fraction of sp³-hybridized carbons (Fsp3) is 0.429. The van der Waals surface area contributed by atoms with Crippen molar-refractivity contribution in [2.45, 2.75) is 31.5 Å². The van der Waals surface area contributed by atoms with Crippen molar-refractivity contribution in [1.82, 2.24) is 0 Å². The van der Waals surface area contributed by atoms with Crippen molar-refractivity contribution >= 4 is 6.08 Å². The molecular formula is C14H18O2. The Balaban J connectivity index is 2.06. The Morgan fingerprint density at radius 1 is 1.38 bits per heavy atom. The van der Waals surface area contributed by atoms with Crippen LogP contribution in [0.1, 0.15) is 25.3 Å². The fourth-order valence-corrected chi connectivity index (χ4v) is 1.99. The summed E-state index contributed by atoms with van der Waals surface area (Å²) in [7, 11) is 0. The van der Waals surface area contributed by atoms with E-state index in [0.29, 0.717) is 0 Å². The molecule has 1 aromatic rings. The molecular weight excluding hydrogens is 200 g/mol. The molecule has 0 bridgehead atoms. The molecule has 1 aromatic carbocycles. The third-order valence-electron chi connectivity index (χ3n) is 3.00. The summed E-state index contributed by atoms with van der Waals surface area (Å²) in [5.74, 6) is 0. The zero-order valence-electron chi connectivity index (χ0n) is 9.60. The SMILES string of the molecule is C[C@@]1(O)CCCO[C@H]1/C=C\c1ccccc1. The van der Waals surface area contributed by atoms with Crippen LogP contribution in [-0.4, -0.2) is 23.4 Å². The van der Waals surface area contributed by atoms with Crippen molar-refractivity contribution in [3.63, 3.8) is 0 Å². The maximum absolute atomic E-state index is 10.1. The summed E-state index contributed by atoms with van der Waals surface area (Å²) in [5, 5.41) is 10.1. The van der Waals surface area contributed by atoms with Gasteiger partial charge >= 0.3 is 0 Å². The van der Waals surface area contributed by atoms with Gasteiger partial charge in [-0.15, -0.1) is 0 Å². The Hall–Kier alpha value is -1.12. The second kappa shape index (κ2) is 4.81. The van der Waals surface area contributed by atoms with E-state index in [9.17, 15) is 5.11 Å². The number of hydrogen-bond acceptors (Lipinski definition) is 2. The predicted octanol–water partition coefficient (Wildman–Crippen LogP) is 2.63. The molecule has 2 heteroatoms. The normalized spacial score (nSPS) is 30.8. The highest BCUT2D eigenvalue weighted by Gasteiger charge is 2.33. The van der Waals surface area contributed by atoms with Crippen LogP contribution in [0.3, 0.4) is 0 Å². The van der Waals surface area contributed by atoms with Gasteiger partial charge in [0.1, 0.15) is 6.10 Å². The summed E-state index contributed by atoms with van der Waals surface area (Å²) >= 11 is 0. The molecule has 0 aliphatic carbocycles. The molecule has 1 aliphatic rings. The summed E-state index contributed by atoms with van der Waals surface area (Å²) < 4.78 is 5.58. The minimum atomic E-state index is -0.733. The lowest BCUT2D eigenvalue weighted by Crippen LogP contribution is -2.43. The van der Waals surface area contributed by atoms with E-state index in [0.717, 1.165) is 25.0 Å². The molecule has 1 heterocycles. The zero-order chi connectivity index (χ0) is 11.4. The van der Waals surface area contributed by atoms with Gasteiger partial charge in [-0.05, 0) is 25.3 Å². The van der Waals surface area contributed by atoms with Crippen LogP contribution in [0.5, 0.6) is 0 Å². The van der Waals surface area contributed by atoms with Crippen molar-refractivity contribution in [2.75, 3.05) is 6.61 Å². The predicted molar refractivity (Wildman–Crippen MR) is 65.1 cm³/mol. The van der Waals surface area contributed by atoms with Crippen LogP contribution in [0.25, 0.3) is 6.08 Å². The van der Waals surface area contributed by atoms with Gasteiger partial charge in [-0.25, -0.2) is 0 Å². The van der Waals surface area contributed by atoms with E-state index in [1.54, 1.807) is 0 Å². The number of aliphatic hydroxyl groups is 1. The molecule has 0 spiro atoms. The van der Waals surface area contributed by atoms with Crippen molar-refractivity contribution in [3.05, 3.63) is 42.0 Å². The maximum Gasteiger partial charge on any atom is 0.104 e. The molecule has 2 rings (SSSR count). The van der Waals surface area contributed by atoms with E-state index in [4.69, 9.17) is 4.74 Å². The van der Waals surface area contributed by atoms with E-state index in [-0.39, 0.29) is 6.10 Å². The minimum absolute atomic E-state index is 0.193. The first-order chi connectivity index (χ1) is 7.68. The lowest BCUT2D eigenvalue weighted by molar-refractivity contribution is -0.111. The van der Waals surface area contributed by atoms with Gasteiger partial charge in [-0.2, -0.15) is 0 Å². The van der Waals surface area contributed by atoms with E-state index >= 15 is 0 Å². The highest BCUT2D eigenvalue weighted by Crippen LogP contribution is 2.26. The minimum Gasteiger partial charge on any atom is -0.387 e. The highest BCUT2D eigenvalue weighted by molar-refractivity contribution is 5.49. The van der Waals surface area contributed by atoms with Crippen LogP contribution in [0, 0.1) is 0 Å². The number of ether oxygens (including phenoxy) is 1. The molecule has 1 fully saturated rings. The maximum atomic E-state index is 10.1. The number of benzene rings is 1. The van der Waals surface area contributed by atoms with Crippen LogP contribution in [0.4, 0.5) is 0 Å². The average molecular weight is 218 g/mol. The molecule has 0 aromatic heterocycles. The second-order valence-electron chi connectivity index (χ2n) is 4.52. The number of hydrogen-bond donors (Lipinski definition) is 1. The lowest BCUT2D eigenvalue weighted by atomic mass is 9.90. The van der Waals surface area contributed by atoms with Gasteiger partial charge in [-0.1, -0.05) is 42.5 Å². The molecule has 1 saturated heterocycles. The van der Waals surface area contributed by atoms with Crippen molar-refractivity contribution < 1.29 is 9.84 Å². The number of rotatable bonds is 2. The van der Waals surface area contributed by atoms with Gasteiger partial charge in [0.2, 0.25) is 0 Å². The first kappa shape index (κ1) is 11.4. The largest absolute Gasteiger partial charge is 0.387 e. The van der Waals surface area contributed by atoms with Crippen molar-refractivity contribution in [3.8, 4) is 0 Å². The Morgan fingerprint density at radius 3 is 2.81 bits per heavy atom. The second-order valence-corrected chi connectivity index (χ2v) is 4.52. The average Bonchev–Trinajstić information content (AvgIpc) is 2.28. The van der Waals surface area contributed by atoms with E-state index in [1.165, 1.54) is 0 Å². The fourth-order valence-electron chi connectivity index (χ4n) is 1.99. The monoisotopic (exact) mass is 218 g/mol. The van der Waals surface area contributed by atoms with Crippen LogP contribution < -0.4 is 0 Å². The van der Waals surface area contributed by atoms with E-state index in [1.807, 2.05) is 49.4 Å². The summed E-state index contributed by atoms with van der Waals surface area (Å²) in [6, 6.07) is 10.1. The summed E-state index contributed by atoms with van der Waals surface area (Å²) in [4.78, 5) is 0. The molecule has 16 heavy (non-hydrogen) atoms. The smallest absolute Gasteiger partial charge is 0.104 e. The zero-order valence-corrected chi connectivity index (χ0v) is 9.60. The third kappa shape index (κ3) is 2.71. The molecule has 1 N–H and O–H groups in total. The summed E-state index contributed by atoms with van der Waals surface area (Å²) in [6.45, 7) is 2.58. The van der Waals surface area contributed by atoms with E-state index < -0.39 is 5.60 Å². The molecule has 0 amide bonds. The summed E-state index contributed by atoms with van der Waals surface area (Å²) in [5.41, 5.74) is 0.399. The van der Waals surface area contributed by atoms with E-state index in [2.05, 4.69) is 0 Å². The molecule has 0 saturated carbocycles. The van der Waals surface area contributed by atoms with Gasteiger partial charge < -0.3 is 9.84 Å². The molecule has 1 aliphatic heterocycles. The molecule has 2 atom stereocenters. The molecule has 0 unspecified atom stereocenters. The third-order valence-corrected chi connectivity index (χ3v) is 3.00. The van der Waals surface area contributed by atoms with Crippen molar-refractivity contribution in [2.24, 2.45) is 0 Å². The highest BCUT2D eigenvalue weighted by atomic mass is 16.5. The van der Waals surface area contributed by atoms with Gasteiger partial charge in [0.15, 0.2) is 0 Å². The van der Waals surface area contributed by atoms with Crippen LogP contribution in [0.15, 0.2) is 36.4 Å². The standard InChI is InChI=1S/C14H18O2/c1-14(15)10-5-11-16-13(14)9-8-12-6-3-2-4-7-12/h2-4,6-9,13,15H,5,10-11H2,1H3/b9-8-/t13-,14+/m0/s1.